The Hall–Kier alpha value is -1.55. The molecule has 4 nitrogen and oxygen atoms in total. The molecule has 104 valence electrons. The number of quaternary nitrogens is 1. The van der Waals surface area contributed by atoms with Gasteiger partial charge in [-0.1, -0.05) is 6.07 Å². The van der Waals surface area contributed by atoms with E-state index in [1.807, 2.05) is 12.1 Å². The van der Waals surface area contributed by atoms with Gasteiger partial charge in [0.05, 0.1) is 39.3 Å². The van der Waals surface area contributed by atoms with E-state index >= 15 is 0 Å². The first kappa shape index (κ1) is 13.9. The monoisotopic (exact) mass is 262 g/mol. The topological polar surface area (TPSA) is 46.3 Å². The summed E-state index contributed by atoms with van der Waals surface area (Å²) in [5.74, 6) is -0.355. The molecule has 1 saturated heterocycles. The highest BCUT2D eigenvalue weighted by Gasteiger charge is 2.29. The largest absolute Gasteiger partial charge is 0.366 e. The summed E-state index contributed by atoms with van der Waals surface area (Å²) in [6.45, 7) is 11.4. The second-order valence-electron chi connectivity index (χ2n) is 5.32. The van der Waals surface area contributed by atoms with Crippen molar-refractivity contribution in [3.63, 3.8) is 0 Å². The molecule has 2 N–H and O–H groups in total. The van der Waals surface area contributed by atoms with E-state index in [0.717, 1.165) is 18.8 Å². The molecule has 0 radical (unpaired) electrons. The number of anilines is 1. The molecule has 1 heterocycles. The molecule has 1 aromatic rings. The maximum atomic E-state index is 11.2. The van der Waals surface area contributed by atoms with Crippen LogP contribution in [0.4, 0.5) is 5.69 Å². The average Bonchev–Trinajstić information content (AvgIpc) is 2.47. The lowest BCUT2D eigenvalue weighted by molar-refractivity contribution is -0.925. The van der Waals surface area contributed by atoms with Crippen molar-refractivity contribution in [2.75, 3.05) is 44.2 Å². The van der Waals surface area contributed by atoms with Crippen molar-refractivity contribution in [3.05, 3.63) is 29.8 Å². The van der Waals surface area contributed by atoms with Crippen molar-refractivity contribution in [1.29, 1.82) is 0 Å². The summed E-state index contributed by atoms with van der Waals surface area (Å²) >= 11 is 0. The molecule has 1 aliphatic rings. The molecular formula is C15H24N3O+. The maximum absolute atomic E-state index is 11.2. The third-order valence-electron chi connectivity index (χ3n) is 4.53. The van der Waals surface area contributed by atoms with Gasteiger partial charge in [-0.3, -0.25) is 4.79 Å². The van der Waals surface area contributed by atoms with Gasteiger partial charge in [-0.15, -0.1) is 0 Å². The standard InChI is InChI=1S/C15H23N3O/c1-3-18(4-2)10-8-17(9-11-18)14-7-5-6-13(12-14)15(16)19/h5-7,12H,3-4,8-11H2,1-2H3,(H-,16,19)/p+1. The summed E-state index contributed by atoms with van der Waals surface area (Å²) in [6.07, 6.45) is 0. The van der Waals surface area contributed by atoms with Crippen LogP contribution in [0.3, 0.4) is 0 Å². The zero-order chi connectivity index (χ0) is 13.9. The number of carbonyl (C=O) groups is 1. The molecule has 4 heteroatoms. The van der Waals surface area contributed by atoms with E-state index in [4.69, 9.17) is 5.73 Å². The molecule has 1 amide bonds. The first-order valence-corrected chi connectivity index (χ1v) is 7.10. The van der Waals surface area contributed by atoms with Gasteiger partial charge >= 0.3 is 0 Å². The fourth-order valence-electron chi connectivity index (χ4n) is 2.86. The normalized spacial score (nSPS) is 18.3. The Bertz CT molecular complexity index is 444. The van der Waals surface area contributed by atoms with E-state index in [0.29, 0.717) is 5.56 Å². The van der Waals surface area contributed by atoms with Crippen LogP contribution in [0.2, 0.25) is 0 Å². The molecule has 0 aliphatic carbocycles. The lowest BCUT2D eigenvalue weighted by Gasteiger charge is -2.44. The quantitative estimate of drug-likeness (QED) is 0.835. The van der Waals surface area contributed by atoms with E-state index in [1.54, 1.807) is 6.07 Å². The molecule has 0 atom stereocenters. The number of piperazine rings is 1. The number of nitrogens with two attached hydrogens (primary N) is 1. The second kappa shape index (κ2) is 5.61. The van der Waals surface area contributed by atoms with Crippen molar-refractivity contribution in [1.82, 2.24) is 0 Å². The van der Waals surface area contributed by atoms with Crippen LogP contribution >= 0.6 is 0 Å². The minimum atomic E-state index is -0.355. The molecule has 1 fully saturated rings. The summed E-state index contributed by atoms with van der Waals surface area (Å²) in [5.41, 5.74) is 7.04. The number of likely N-dealkylation sites (N-methyl/N-ethyl adjacent to an activating group) is 1. The minimum absolute atomic E-state index is 0.355. The minimum Gasteiger partial charge on any atom is -0.366 e. The van der Waals surface area contributed by atoms with Crippen molar-refractivity contribution < 1.29 is 9.28 Å². The second-order valence-corrected chi connectivity index (χ2v) is 5.32. The molecule has 0 unspecified atom stereocenters. The van der Waals surface area contributed by atoms with E-state index in [-0.39, 0.29) is 5.91 Å². The lowest BCUT2D eigenvalue weighted by Crippen LogP contribution is -2.59. The van der Waals surface area contributed by atoms with Crippen molar-refractivity contribution in [3.8, 4) is 0 Å². The fourth-order valence-corrected chi connectivity index (χ4v) is 2.86. The van der Waals surface area contributed by atoms with E-state index in [9.17, 15) is 4.79 Å². The summed E-state index contributed by atoms with van der Waals surface area (Å²) in [7, 11) is 0. The first-order valence-electron chi connectivity index (χ1n) is 7.10. The van der Waals surface area contributed by atoms with Crippen LogP contribution < -0.4 is 10.6 Å². The van der Waals surface area contributed by atoms with E-state index in [1.165, 1.54) is 30.7 Å². The summed E-state index contributed by atoms with van der Waals surface area (Å²) in [4.78, 5) is 13.6. The predicted molar refractivity (Wildman–Crippen MR) is 78.2 cm³/mol. The lowest BCUT2D eigenvalue weighted by atomic mass is 10.1. The van der Waals surface area contributed by atoms with Gasteiger partial charge in [0.2, 0.25) is 5.91 Å². The van der Waals surface area contributed by atoms with E-state index < -0.39 is 0 Å². The van der Waals surface area contributed by atoms with Gasteiger partial charge in [-0.2, -0.15) is 0 Å². The Morgan fingerprint density at radius 3 is 2.42 bits per heavy atom. The molecule has 1 aliphatic heterocycles. The van der Waals surface area contributed by atoms with Crippen molar-refractivity contribution in [2.24, 2.45) is 5.73 Å². The average molecular weight is 262 g/mol. The smallest absolute Gasteiger partial charge is 0.248 e. The Balaban J connectivity index is 2.09. The van der Waals surface area contributed by atoms with Crippen molar-refractivity contribution >= 4 is 11.6 Å². The van der Waals surface area contributed by atoms with Gasteiger partial charge in [0.25, 0.3) is 0 Å². The van der Waals surface area contributed by atoms with Crippen LogP contribution in [-0.4, -0.2) is 49.7 Å². The number of benzene rings is 1. The Morgan fingerprint density at radius 2 is 1.89 bits per heavy atom. The highest BCUT2D eigenvalue weighted by molar-refractivity contribution is 5.93. The number of hydrogen-bond acceptors (Lipinski definition) is 2. The molecular weight excluding hydrogens is 238 g/mol. The Kier molecular flexibility index (Phi) is 4.10. The van der Waals surface area contributed by atoms with Gasteiger partial charge in [-0.25, -0.2) is 0 Å². The molecule has 0 bridgehead atoms. The number of rotatable bonds is 4. The predicted octanol–water partition coefficient (Wildman–Crippen LogP) is 1.46. The zero-order valence-electron chi connectivity index (χ0n) is 11.9. The Morgan fingerprint density at radius 1 is 1.26 bits per heavy atom. The maximum Gasteiger partial charge on any atom is 0.248 e. The number of amides is 1. The molecule has 19 heavy (non-hydrogen) atoms. The zero-order valence-corrected chi connectivity index (χ0v) is 11.9. The number of hydrogen-bond donors (Lipinski definition) is 1. The van der Waals surface area contributed by atoms with Crippen LogP contribution in [0.1, 0.15) is 24.2 Å². The molecule has 0 spiro atoms. The number of nitrogens with zero attached hydrogens (tertiary/aromatic N) is 2. The van der Waals surface area contributed by atoms with Gasteiger partial charge in [0.1, 0.15) is 0 Å². The fraction of sp³-hybridized carbons (Fsp3) is 0.533. The van der Waals surface area contributed by atoms with Gasteiger partial charge < -0.3 is 15.1 Å². The number of carbonyl (C=O) groups excluding carboxylic acids is 1. The van der Waals surface area contributed by atoms with Crippen LogP contribution in [0, 0.1) is 0 Å². The van der Waals surface area contributed by atoms with Crippen LogP contribution in [-0.2, 0) is 0 Å². The highest BCUT2D eigenvalue weighted by Crippen LogP contribution is 2.21. The SMILES string of the molecule is CC[N+]1(CC)CCN(c2cccc(C(N)=O)c2)CC1. The van der Waals surface area contributed by atoms with E-state index in [2.05, 4.69) is 24.8 Å². The first-order chi connectivity index (χ1) is 9.10. The van der Waals surface area contributed by atoms with Gasteiger partial charge in [0.15, 0.2) is 0 Å². The summed E-state index contributed by atoms with van der Waals surface area (Å²) in [5, 5.41) is 0. The third-order valence-corrected chi connectivity index (χ3v) is 4.53. The van der Waals surface area contributed by atoms with Gasteiger partial charge in [-0.05, 0) is 32.0 Å². The summed E-state index contributed by atoms with van der Waals surface area (Å²) in [6, 6.07) is 7.64. The molecule has 2 rings (SSSR count). The van der Waals surface area contributed by atoms with Crippen molar-refractivity contribution in [2.45, 2.75) is 13.8 Å². The third kappa shape index (κ3) is 2.89. The Labute approximate surface area is 115 Å². The number of primary amides is 1. The molecule has 1 aromatic carbocycles. The molecule has 0 aromatic heterocycles. The van der Waals surface area contributed by atoms with Gasteiger partial charge in [0, 0.05) is 11.3 Å². The van der Waals surface area contributed by atoms with Crippen LogP contribution in [0.15, 0.2) is 24.3 Å². The van der Waals surface area contributed by atoms with Crippen LogP contribution in [0.25, 0.3) is 0 Å². The molecule has 0 saturated carbocycles. The van der Waals surface area contributed by atoms with Crippen LogP contribution in [0.5, 0.6) is 0 Å². The summed E-state index contributed by atoms with van der Waals surface area (Å²) < 4.78 is 1.20. The highest BCUT2D eigenvalue weighted by atomic mass is 16.1.